The standard InChI is InChI=1S/C16H24N2O.ClH/c1-12-8-9-15(13(2)10-12)18-16(19)11-17-14-6-4-3-5-7-14;/h3-7,12-13,15,17H,8-11H2,1-2H3,(H,18,19);1H. The molecular formula is C16H25ClN2O. The van der Waals surface area contributed by atoms with Crippen LogP contribution in [0.1, 0.15) is 33.1 Å². The number of para-hydroxylation sites is 1. The highest BCUT2D eigenvalue weighted by Gasteiger charge is 2.26. The summed E-state index contributed by atoms with van der Waals surface area (Å²) in [5, 5.41) is 6.30. The van der Waals surface area contributed by atoms with Crippen molar-refractivity contribution in [3.8, 4) is 0 Å². The van der Waals surface area contributed by atoms with Crippen molar-refractivity contribution < 1.29 is 4.79 Å². The molecule has 20 heavy (non-hydrogen) atoms. The van der Waals surface area contributed by atoms with Crippen LogP contribution in [0.25, 0.3) is 0 Å². The third-order valence-corrected chi connectivity index (χ3v) is 4.00. The van der Waals surface area contributed by atoms with Crippen LogP contribution in [0.4, 0.5) is 5.69 Å². The number of anilines is 1. The summed E-state index contributed by atoms with van der Waals surface area (Å²) in [6, 6.07) is 10.2. The normalized spacial score (nSPS) is 25.4. The summed E-state index contributed by atoms with van der Waals surface area (Å²) in [6.07, 6.45) is 3.55. The van der Waals surface area contributed by atoms with Gasteiger partial charge in [-0.25, -0.2) is 0 Å². The van der Waals surface area contributed by atoms with Gasteiger partial charge in [-0.15, -0.1) is 12.4 Å². The predicted molar refractivity (Wildman–Crippen MR) is 86.3 cm³/mol. The van der Waals surface area contributed by atoms with E-state index in [0.29, 0.717) is 18.5 Å². The third kappa shape index (κ3) is 5.04. The first-order chi connectivity index (χ1) is 9.15. The molecule has 4 heteroatoms. The van der Waals surface area contributed by atoms with Crippen LogP contribution in [0.2, 0.25) is 0 Å². The second-order valence-corrected chi connectivity index (χ2v) is 5.79. The Morgan fingerprint density at radius 2 is 1.90 bits per heavy atom. The number of benzene rings is 1. The van der Waals surface area contributed by atoms with E-state index >= 15 is 0 Å². The summed E-state index contributed by atoms with van der Waals surface area (Å²) in [7, 11) is 0. The molecule has 1 aromatic rings. The van der Waals surface area contributed by atoms with Gasteiger partial charge in [-0.05, 0) is 43.2 Å². The Morgan fingerprint density at radius 1 is 1.20 bits per heavy atom. The van der Waals surface area contributed by atoms with Crippen molar-refractivity contribution in [1.29, 1.82) is 0 Å². The van der Waals surface area contributed by atoms with Crippen LogP contribution in [0, 0.1) is 11.8 Å². The molecule has 1 aliphatic carbocycles. The highest BCUT2D eigenvalue weighted by atomic mass is 35.5. The minimum Gasteiger partial charge on any atom is -0.376 e. The van der Waals surface area contributed by atoms with Gasteiger partial charge in [0.2, 0.25) is 5.91 Å². The minimum atomic E-state index is 0. The quantitative estimate of drug-likeness (QED) is 0.893. The highest BCUT2D eigenvalue weighted by Crippen LogP contribution is 2.28. The van der Waals surface area contributed by atoms with Gasteiger partial charge in [-0.3, -0.25) is 4.79 Å². The van der Waals surface area contributed by atoms with E-state index < -0.39 is 0 Å². The van der Waals surface area contributed by atoms with E-state index in [1.807, 2.05) is 30.3 Å². The largest absolute Gasteiger partial charge is 0.376 e. The number of carbonyl (C=O) groups is 1. The van der Waals surface area contributed by atoms with Crippen molar-refractivity contribution in [2.75, 3.05) is 11.9 Å². The lowest BCUT2D eigenvalue weighted by Gasteiger charge is -2.33. The highest BCUT2D eigenvalue weighted by molar-refractivity contribution is 5.85. The van der Waals surface area contributed by atoms with E-state index in [9.17, 15) is 4.79 Å². The number of hydrogen-bond acceptors (Lipinski definition) is 2. The molecule has 3 nitrogen and oxygen atoms in total. The van der Waals surface area contributed by atoms with Gasteiger partial charge in [-0.1, -0.05) is 32.0 Å². The van der Waals surface area contributed by atoms with Crippen LogP contribution < -0.4 is 10.6 Å². The van der Waals surface area contributed by atoms with Crippen molar-refractivity contribution in [1.82, 2.24) is 5.32 Å². The first-order valence-electron chi connectivity index (χ1n) is 7.23. The molecule has 2 rings (SSSR count). The molecule has 1 amide bonds. The van der Waals surface area contributed by atoms with Gasteiger partial charge in [0.1, 0.15) is 0 Å². The Labute approximate surface area is 127 Å². The monoisotopic (exact) mass is 296 g/mol. The molecule has 0 radical (unpaired) electrons. The van der Waals surface area contributed by atoms with E-state index in [-0.39, 0.29) is 18.3 Å². The molecule has 0 aromatic heterocycles. The topological polar surface area (TPSA) is 41.1 Å². The zero-order valence-electron chi connectivity index (χ0n) is 12.3. The van der Waals surface area contributed by atoms with Crippen molar-refractivity contribution in [2.24, 2.45) is 11.8 Å². The van der Waals surface area contributed by atoms with Gasteiger partial charge < -0.3 is 10.6 Å². The van der Waals surface area contributed by atoms with Crippen LogP contribution in [0.5, 0.6) is 0 Å². The maximum atomic E-state index is 11.9. The Balaban J connectivity index is 0.00000200. The summed E-state index contributed by atoms with van der Waals surface area (Å²) < 4.78 is 0. The van der Waals surface area contributed by atoms with Gasteiger partial charge in [-0.2, -0.15) is 0 Å². The first-order valence-corrected chi connectivity index (χ1v) is 7.23. The van der Waals surface area contributed by atoms with Crippen molar-refractivity contribution in [3.05, 3.63) is 30.3 Å². The number of halogens is 1. The van der Waals surface area contributed by atoms with Gasteiger partial charge in [0.25, 0.3) is 0 Å². The van der Waals surface area contributed by atoms with Gasteiger partial charge >= 0.3 is 0 Å². The molecule has 0 spiro atoms. The number of nitrogens with one attached hydrogen (secondary N) is 2. The predicted octanol–water partition coefficient (Wildman–Crippen LogP) is 3.46. The molecule has 3 atom stereocenters. The molecular weight excluding hydrogens is 272 g/mol. The fraction of sp³-hybridized carbons (Fsp3) is 0.562. The summed E-state index contributed by atoms with van der Waals surface area (Å²) in [6.45, 7) is 4.89. The number of hydrogen-bond donors (Lipinski definition) is 2. The Hall–Kier alpha value is -1.22. The molecule has 1 fully saturated rings. The molecule has 1 saturated carbocycles. The summed E-state index contributed by atoms with van der Waals surface area (Å²) in [5.41, 5.74) is 0.989. The number of rotatable bonds is 4. The SMILES string of the molecule is CC1CCC(NC(=O)CNc2ccccc2)C(C)C1.Cl. The van der Waals surface area contributed by atoms with Crippen molar-refractivity contribution >= 4 is 24.0 Å². The molecule has 1 aliphatic rings. The first kappa shape index (κ1) is 16.8. The lowest BCUT2D eigenvalue weighted by atomic mass is 9.80. The van der Waals surface area contributed by atoms with Crippen LogP contribution in [-0.2, 0) is 4.79 Å². The minimum absolute atomic E-state index is 0. The Kier molecular flexibility index (Phi) is 6.86. The summed E-state index contributed by atoms with van der Waals surface area (Å²) in [4.78, 5) is 11.9. The van der Waals surface area contributed by atoms with Crippen molar-refractivity contribution in [3.63, 3.8) is 0 Å². The van der Waals surface area contributed by atoms with Gasteiger partial charge in [0.15, 0.2) is 0 Å². The van der Waals surface area contributed by atoms with Gasteiger partial charge in [0.05, 0.1) is 6.54 Å². The van der Waals surface area contributed by atoms with Crippen LogP contribution in [0.15, 0.2) is 30.3 Å². The maximum absolute atomic E-state index is 11.9. The van der Waals surface area contributed by atoms with Crippen LogP contribution >= 0.6 is 12.4 Å². The molecule has 0 aliphatic heterocycles. The molecule has 0 bridgehead atoms. The number of amides is 1. The van der Waals surface area contributed by atoms with Crippen molar-refractivity contribution in [2.45, 2.75) is 39.2 Å². The zero-order valence-corrected chi connectivity index (χ0v) is 13.1. The van der Waals surface area contributed by atoms with Crippen LogP contribution in [0.3, 0.4) is 0 Å². The molecule has 0 saturated heterocycles. The van der Waals surface area contributed by atoms with Crippen LogP contribution in [-0.4, -0.2) is 18.5 Å². The average molecular weight is 297 g/mol. The molecule has 112 valence electrons. The third-order valence-electron chi connectivity index (χ3n) is 4.00. The second-order valence-electron chi connectivity index (χ2n) is 5.79. The second kappa shape index (κ2) is 8.15. The maximum Gasteiger partial charge on any atom is 0.239 e. The fourth-order valence-electron chi connectivity index (χ4n) is 2.88. The molecule has 1 aromatic carbocycles. The van der Waals surface area contributed by atoms with E-state index in [0.717, 1.165) is 18.0 Å². The fourth-order valence-corrected chi connectivity index (χ4v) is 2.88. The summed E-state index contributed by atoms with van der Waals surface area (Å²) in [5.74, 6) is 1.48. The zero-order chi connectivity index (χ0) is 13.7. The molecule has 2 N–H and O–H groups in total. The lowest BCUT2D eigenvalue weighted by Crippen LogP contribution is -2.44. The molecule has 0 heterocycles. The summed E-state index contributed by atoms with van der Waals surface area (Å²) >= 11 is 0. The smallest absolute Gasteiger partial charge is 0.239 e. The number of carbonyl (C=O) groups excluding carboxylic acids is 1. The van der Waals surface area contributed by atoms with E-state index in [1.54, 1.807) is 0 Å². The average Bonchev–Trinajstić information content (AvgIpc) is 2.41. The van der Waals surface area contributed by atoms with E-state index in [1.165, 1.54) is 12.8 Å². The van der Waals surface area contributed by atoms with Gasteiger partial charge in [0, 0.05) is 11.7 Å². The molecule has 3 unspecified atom stereocenters. The Bertz CT molecular complexity index is 410. The van der Waals surface area contributed by atoms with E-state index in [4.69, 9.17) is 0 Å². The van der Waals surface area contributed by atoms with E-state index in [2.05, 4.69) is 24.5 Å². The lowest BCUT2D eigenvalue weighted by molar-refractivity contribution is -0.120. The Morgan fingerprint density at radius 3 is 2.55 bits per heavy atom.